The average Bonchev–Trinajstić information content (AvgIpc) is 3.24. The maximum Gasteiger partial charge on any atom is 0.274 e. The fourth-order valence-corrected chi connectivity index (χ4v) is 3.58. The van der Waals surface area contributed by atoms with Crippen molar-refractivity contribution in [3.05, 3.63) is 71.0 Å². The van der Waals surface area contributed by atoms with Crippen LogP contribution >= 0.6 is 0 Å². The van der Waals surface area contributed by atoms with Crippen LogP contribution in [0.2, 0.25) is 0 Å². The Kier molecular flexibility index (Phi) is 5.83. The van der Waals surface area contributed by atoms with Gasteiger partial charge in [-0.1, -0.05) is 41.6 Å². The zero-order valence-corrected chi connectivity index (χ0v) is 17.3. The van der Waals surface area contributed by atoms with Crippen LogP contribution in [-0.4, -0.2) is 47.6 Å². The Morgan fingerprint density at radius 2 is 1.94 bits per heavy atom. The van der Waals surface area contributed by atoms with Gasteiger partial charge in [0.15, 0.2) is 22.9 Å². The normalized spacial score (nSPS) is 15.0. The molecule has 0 spiro atoms. The smallest absolute Gasteiger partial charge is 0.274 e. The molecular formula is C22H23N5O4. The Morgan fingerprint density at radius 3 is 2.68 bits per heavy atom. The first kappa shape index (κ1) is 20.4. The summed E-state index contributed by atoms with van der Waals surface area (Å²) in [5.74, 6) is 0.472. The molecule has 0 saturated heterocycles. The number of carbonyl (C=O) groups is 2. The van der Waals surface area contributed by atoms with Gasteiger partial charge in [-0.2, -0.15) is 0 Å². The molecule has 0 unspecified atom stereocenters. The maximum atomic E-state index is 12.7. The lowest BCUT2D eigenvalue weighted by Crippen LogP contribution is -2.40. The highest BCUT2D eigenvalue weighted by atomic mass is 16.5. The zero-order chi connectivity index (χ0) is 21.8. The molecule has 0 fully saturated rings. The first-order valence-corrected chi connectivity index (χ1v) is 9.89. The van der Waals surface area contributed by atoms with Gasteiger partial charge < -0.3 is 20.1 Å². The minimum Gasteiger partial charge on any atom is -0.493 e. The van der Waals surface area contributed by atoms with Gasteiger partial charge in [-0.05, 0) is 29.7 Å². The van der Waals surface area contributed by atoms with E-state index >= 15 is 0 Å². The summed E-state index contributed by atoms with van der Waals surface area (Å²) in [6, 6.07) is 15.0. The van der Waals surface area contributed by atoms with Gasteiger partial charge >= 0.3 is 0 Å². The van der Waals surface area contributed by atoms with Crippen LogP contribution in [0.1, 0.15) is 38.1 Å². The fraction of sp³-hybridized carbons (Fsp3) is 0.273. The summed E-state index contributed by atoms with van der Waals surface area (Å²) in [6.45, 7) is 0.784. The van der Waals surface area contributed by atoms with E-state index in [0.29, 0.717) is 31.0 Å². The molecule has 1 aliphatic heterocycles. The predicted molar refractivity (Wildman–Crippen MR) is 112 cm³/mol. The molecule has 1 aromatic heterocycles. The van der Waals surface area contributed by atoms with Crippen LogP contribution in [0.4, 0.5) is 0 Å². The Morgan fingerprint density at radius 1 is 1.16 bits per heavy atom. The Balaban J connectivity index is 1.41. The van der Waals surface area contributed by atoms with Crippen LogP contribution in [0.3, 0.4) is 0 Å². The van der Waals surface area contributed by atoms with Gasteiger partial charge in [0, 0.05) is 6.54 Å². The molecule has 9 nitrogen and oxygen atoms in total. The molecule has 2 N–H and O–H groups in total. The number of carbonyl (C=O) groups excluding carboxylic acids is 2. The van der Waals surface area contributed by atoms with E-state index in [1.165, 1.54) is 4.68 Å². The van der Waals surface area contributed by atoms with Crippen LogP contribution in [0.15, 0.2) is 48.5 Å². The summed E-state index contributed by atoms with van der Waals surface area (Å²) in [5, 5.41) is 13.7. The molecule has 3 aromatic rings. The molecule has 0 radical (unpaired) electrons. The van der Waals surface area contributed by atoms with E-state index in [9.17, 15) is 9.59 Å². The second kappa shape index (κ2) is 8.86. The van der Waals surface area contributed by atoms with Crippen LogP contribution in [0.25, 0.3) is 0 Å². The number of methoxy groups -OCH3 is 2. The molecule has 1 atom stereocenters. The topological polar surface area (TPSA) is 107 Å². The van der Waals surface area contributed by atoms with Crippen molar-refractivity contribution in [2.24, 2.45) is 0 Å². The van der Waals surface area contributed by atoms with Crippen molar-refractivity contribution in [3.63, 3.8) is 0 Å². The van der Waals surface area contributed by atoms with Crippen molar-refractivity contribution in [1.82, 2.24) is 25.6 Å². The van der Waals surface area contributed by atoms with Crippen molar-refractivity contribution in [3.8, 4) is 11.5 Å². The molecular weight excluding hydrogens is 398 g/mol. The second-order valence-electron chi connectivity index (χ2n) is 7.10. The molecule has 2 aromatic carbocycles. The van der Waals surface area contributed by atoms with Crippen molar-refractivity contribution < 1.29 is 19.1 Å². The van der Waals surface area contributed by atoms with E-state index in [1.807, 2.05) is 48.5 Å². The van der Waals surface area contributed by atoms with E-state index in [4.69, 9.17) is 9.47 Å². The van der Waals surface area contributed by atoms with Crippen LogP contribution in [-0.2, 0) is 13.0 Å². The zero-order valence-electron chi connectivity index (χ0n) is 17.3. The summed E-state index contributed by atoms with van der Waals surface area (Å²) < 4.78 is 12.0. The summed E-state index contributed by atoms with van der Waals surface area (Å²) in [6.07, 6.45) is 0.581. The van der Waals surface area contributed by atoms with E-state index in [-0.39, 0.29) is 23.3 Å². The van der Waals surface area contributed by atoms with Crippen molar-refractivity contribution >= 4 is 11.8 Å². The van der Waals surface area contributed by atoms with Gasteiger partial charge in [-0.15, -0.1) is 5.10 Å². The number of aromatic nitrogens is 3. The van der Waals surface area contributed by atoms with Crippen molar-refractivity contribution in [1.29, 1.82) is 0 Å². The monoisotopic (exact) mass is 421 g/mol. The highest BCUT2D eigenvalue weighted by molar-refractivity contribution is 6.05. The van der Waals surface area contributed by atoms with Crippen LogP contribution in [0, 0.1) is 0 Å². The highest BCUT2D eigenvalue weighted by Gasteiger charge is 2.32. The minimum atomic E-state index is -0.435. The molecule has 4 rings (SSSR count). The molecule has 2 amide bonds. The first-order chi connectivity index (χ1) is 15.1. The lowest BCUT2D eigenvalue weighted by Gasteiger charge is -2.24. The molecule has 0 saturated carbocycles. The van der Waals surface area contributed by atoms with E-state index in [2.05, 4.69) is 20.9 Å². The lowest BCUT2D eigenvalue weighted by molar-refractivity contribution is 0.0876. The number of hydrogen-bond acceptors (Lipinski definition) is 6. The van der Waals surface area contributed by atoms with Crippen molar-refractivity contribution in [2.45, 2.75) is 19.0 Å². The summed E-state index contributed by atoms with van der Waals surface area (Å²) in [7, 11) is 3.15. The molecule has 9 heteroatoms. The molecule has 0 bridgehead atoms. The van der Waals surface area contributed by atoms with Gasteiger partial charge in [-0.25, -0.2) is 4.68 Å². The number of benzene rings is 2. The van der Waals surface area contributed by atoms with Gasteiger partial charge in [0.2, 0.25) is 0 Å². The largest absolute Gasteiger partial charge is 0.493 e. The Hall–Kier alpha value is -3.88. The minimum absolute atomic E-state index is 0.0244. The third-order valence-electron chi connectivity index (χ3n) is 5.18. The molecule has 0 aliphatic carbocycles. The average molecular weight is 421 g/mol. The molecule has 1 aliphatic rings. The van der Waals surface area contributed by atoms with Crippen LogP contribution in [0.5, 0.6) is 11.5 Å². The van der Waals surface area contributed by atoms with Gasteiger partial charge in [0.25, 0.3) is 11.8 Å². The molecule has 160 valence electrons. The molecule has 31 heavy (non-hydrogen) atoms. The summed E-state index contributed by atoms with van der Waals surface area (Å²) in [4.78, 5) is 25.3. The second-order valence-corrected chi connectivity index (χ2v) is 7.10. The lowest BCUT2D eigenvalue weighted by atomic mass is 10.0. The quantitative estimate of drug-likeness (QED) is 0.602. The van der Waals surface area contributed by atoms with Crippen molar-refractivity contribution in [2.75, 3.05) is 20.8 Å². The maximum absolute atomic E-state index is 12.7. The number of fused-ring (bicyclic) bond motifs is 1. The molecule has 2 heterocycles. The van der Waals surface area contributed by atoms with Gasteiger partial charge in [0.1, 0.15) is 0 Å². The van der Waals surface area contributed by atoms with Gasteiger partial charge in [0.05, 0.1) is 26.8 Å². The number of hydrogen-bond donors (Lipinski definition) is 2. The number of nitrogens with one attached hydrogen (secondary N) is 2. The third-order valence-corrected chi connectivity index (χ3v) is 5.18. The number of amides is 2. The third kappa shape index (κ3) is 4.20. The summed E-state index contributed by atoms with van der Waals surface area (Å²) >= 11 is 0. The number of ether oxygens (including phenoxy) is 2. The highest BCUT2D eigenvalue weighted by Crippen LogP contribution is 2.27. The van der Waals surface area contributed by atoms with Crippen LogP contribution < -0.4 is 20.1 Å². The van der Waals surface area contributed by atoms with E-state index in [0.717, 1.165) is 11.1 Å². The van der Waals surface area contributed by atoms with Gasteiger partial charge in [-0.3, -0.25) is 9.59 Å². The Labute approximate surface area is 179 Å². The Bertz CT molecular complexity index is 1100. The SMILES string of the molecule is COc1ccc(CCNC(=O)c2nnn3c2C(=O)N[C@@H](c2ccccc2)C3)cc1OC. The standard InChI is InChI=1S/C22H23N5O4/c1-30-17-9-8-14(12-18(17)31-2)10-11-23-21(28)19-20-22(29)24-16(13-27(20)26-25-19)15-6-4-3-5-7-15/h3-9,12,16H,10-11,13H2,1-2H3,(H,23,28)(H,24,29)/t16-/m1/s1. The fourth-order valence-electron chi connectivity index (χ4n) is 3.58. The number of rotatable bonds is 7. The predicted octanol–water partition coefficient (Wildman–Crippen LogP) is 1.75. The summed E-state index contributed by atoms with van der Waals surface area (Å²) in [5.41, 5.74) is 2.15. The number of nitrogens with zero attached hydrogens (tertiary/aromatic N) is 3. The van der Waals surface area contributed by atoms with E-state index in [1.54, 1.807) is 14.2 Å². The first-order valence-electron chi connectivity index (χ1n) is 9.89. The van der Waals surface area contributed by atoms with E-state index < -0.39 is 5.91 Å².